The first kappa shape index (κ1) is 22.8. The molecule has 0 aliphatic rings. The van der Waals surface area contributed by atoms with E-state index in [-0.39, 0.29) is 24.0 Å². The van der Waals surface area contributed by atoms with Crippen LogP contribution in [0.3, 0.4) is 0 Å². The average molecular weight is 449 g/mol. The molecule has 2 aromatic heterocycles. The molecule has 1 aromatic carbocycles. The Hall–Kier alpha value is -3.83. The Morgan fingerprint density at radius 1 is 1.22 bits per heavy atom. The number of benzene rings is 1. The number of anilines is 3. The normalized spacial score (nSPS) is 11.2. The summed E-state index contributed by atoms with van der Waals surface area (Å²) in [7, 11) is 5.04. The molecular formula is C20H22F3N7O2. The van der Waals surface area contributed by atoms with Crippen LogP contribution in [0.5, 0.6) is 5.75 Å². The Balaban J connectivity index is 1.92. The monoisotopic (exact) mass is 449 g/mol. The molecule has 170 valence electrons. The summed E-state index contributed by atoms with van der Waals surface area (Å²) in [6.45, 7) is 0. The van der Waals surface area contributed by atoms with Crippen LogP contribution in [-0.2, 0) is 11.2 Å². The molecule has 2 N–H and O–H groups in total. The Bertz CT molecular complexity index is 1080. The van der Waals surface area contributed by atoms with Gasteiger partial charge in [-0.1, -0.05) is 6.07 Å². The molecule has 1 amide bonds. The zero-order chi connectivity index (χ0) is 23.3. The van der Waals surface area contributed by atoms with E-state index in [1.807, 2.05) is 0 Å². The smallest absolute Gasteiger partial charge is 0.406 e. The quantitative estimate of drug-likeness (QED) is 0.544. The lowest BCUT2D eigenvalue weighted by atomic mass is 10.2. The van der Waals surface area contributed by atoms with E-state index in [1.165, 1.54) is 23.1 Å². The van der Waals surface area contributed by atoms with Crippen molar-refractivity contribution in [2.45, 2.75) is 19.2 Å². The van der Waals surface area contributed by atoms with Gasteiger partial charge in [-0.05, 0) is 24.3 Å². The predicted octanol–water partition coefficient (Wildman–Crippen LogP) is 3.37. The van der Waals surface area contributed by atoms with E-state index in [0.717, 1.165) is 0 Å². The standard InChI is InChI=1S/C20H22F3N7O2/c1-24-18-15(8-5-11-25-18)30-16(9-10-17(31)29(2)3)27-19(28-30)26-13-6-4-7-14(12-13)32-20(21,22)23/h4-8,11-12H,9-10H2,1-3H3,(H,24,25)(H,26,28). The summed E-state index contributed by atoms with van der Waals surface area (Å²) in [5, 5.41) is 10.3. The second-order valence-corrected chi connectivity index (χ2v) is 6.87. The van der Waals surface area contributed by atoms with Crippen LogP contribution in [0, 0.1) is 0 Å². The molecule has 0 aliphatic heterocycles. The van der Waals surface area contributed by atoms with Crippen molar-refractivity contribution in [2.75, 3.05) is 31.8 Å². The van der Waals surface area contributed by atoms with E-state index in [4.69, 9.17) is 0 Å². The fraction of sp³-hybridized carbons (Fsp3) is 0.300. The zero-order valence-electron chi connectivity index (χ0n) is 17.6. The minimum Gasteiger partial charge on any atom is -0.406 e. The molecule has 0 atom stereocenters. The van der Waals surface area contributed by atoms with E-state index in [9.17, 15) is 18.0 Å². The highest BCUT2D eigenvalue weighted by Gasteiger charge is 2.31. The Labute approximate surface area is 182 Å². The van der Waals surface area contributed by atoms with Crippen LogP contribution < -0.4 is 15.4 Å². The van der Waals surface area contributed by atoms with Crippen molar-refractivity contribution in [3.8, 4) is 11.4 Å². The van der Waals surface area contributed by atoms with E-state index >= 15 is 0 Å². The lowest BCUT2D eigenvalue weighted by Gasteiger charge is -2.11. The van der Waals surface area contributed by atoms with Crippen molar-refractivity contribution in [1.82, 2.24) is 24.6 Å². The second-order valence-electron chi connectivity index (χ2n) is 6.87. The number of nitrogens with zero attached hydrogens (tertiary/aromatic N) is 5. The van der Waals surface area contributed by atoms with Crippen molar-refractivity contribution < 1.29 is 22.7 Å². The molecule has 12 heteroatoms. The van der Waals surface area contributed by atoms with Crippen LogP contribution in [0.1, 0.15) is 12.2 Å². The van der Waals surface area contributed by atoms with Crippen molar-refractivity contribution in [1.29, 1.82) is 0 Å². The van der Waals surface area contributed by atoms with Crippen LogP contribution >= 0.6 is 0 Å². The lowest BCUT2D eigenvalue weighted by Crippen LogP contribution is -2.22. The molecule has 0 bridgehead atoms. The summed E-state index contributed by atoms with van der Waals surface area (Å²) in [4.78, 5) is 22.2. The van der Waals surface area contributed by atoms with Crippen LogP contribution in [0.15, 0.2) is 42.6 Å². The third kappa shape index (κ3) is 5.86. The summed E-state index contributed by atoms with van der Waals surface area (Å²) in [5.74, 6) is 0.724. The minimum atomic E-state index is -4.80. The topological polar surface area (TPSA) is 97.2 Å². The molecule has 32 heavy (non-hydrogen) atoms. The maximum Gasteiger partial charge on any atom is 0.573 e. The zero-order valence-corrected chi connectivity index (χ0v) is 17.6. The summed E-state index contributed by atoms with van der Waals surface area (Å²) in [6.07, 6.45) is -2.68. The van der Waals surface area contributed by atoms with Crippen LogP contribution in [0.4, 0.5) is 30.6 Å². The van der Waals surface area contributed by atoms with Crippen molar-refractivity contribution in [3.05, 3.63) is 48.4 Å². The van der Waals surface area contributed by atoms with Crippen molar-refractivity contribution >= 4 is 23.4 Å². The number of nitrogens with one attached hydrogen (secondary N) is 2. The number of carbonyl (C=O) groups is 1. The molecule has 3 aromatic rings. The number of aromatic nitrogens is 4. The maximum absolute atomic E-state index is 12.5. The van der Waals surface area contributed by atoms with Crippen molar-refractivity contribution in [2.24, 2.45) is 0 Å². The number of amides is 1. The van der Waals surface area contributed by atoms with Crippen LogP contribution in [-0.4, -0.2) is 58.1 Å². The molecule has 0 spiro atoms. The van der Waals surface area contributed by atoms with Gasteiger partial charge in [0, 0.05) is 51.9 Å². The molecule has 0 unspecified atom stereocenters. The van der Waals surface area contributed by atoms with Gasteiger partial charge in [0.15, 0.2) is 5.82 Å². The molecule has 0 fully saturated rings. The van der Waals surface area contributed by atoms with Gasteiger partial charge in [0.1, 0.15) is 17.3 Å². The predicted molar refractivity (Wildman–Crippen MR) is 112 cm³/mol. The molecule has 9 nitrogen and oxygen atoms in total. The Morgan fingerprint density at radius 2 is 2.00 bits per heavy atom. The number of rotatable bonds is 8. The van der Waals surface area contributed by atoms with Gasteiger partial charge in [-0.25, -0.2) is 9.67 Å². The highest BCUT2D eigenvalue weighted by molar-refractivity contribution is 5.75. The van der Waals surface area contributed by atoms with Gasteiger partial charge in [-0.3, -0.25) is 4.79 Å². The molecule has 0 aliphatic carbocycles. The van der Waals surface area contributed by atoms with Gasteiger partial charge < -0.3 is 20.3 Å². The van der Waals surface area contributed by atoms with Gasteiger partial charge in [0.25, 0.3) is 0 Å². The van der Waals surface area contributed by atoms with Crippen LogP contribution in [0.25, 0.3) is 5.69 Å². The summed E-state index contributed by atoms with van der Waals surface area (Å²) < 4.78 is 43.0. The number of hydrogen-bond donors (Lipinski definition) is 2. The fourth-order valence-corrected chi connectivity index (χ4v) is 2.85. The molecule has 0 saturated heterocycles. The molecule has 2 heterocycles. The second kappa shape index (κ2) is 9.54. The fourth-order valence-electron chi connectivity index (χ4n) is 2.85. The van der Waals surface area contributed by atoms with Gasteiger partial charge in [0.05, 0.1) is 0 Å². The van der Waals surface area contributed by atoms with E-state index in [2.05, 4.69) is 30.4 Å². The number of alkyl halides is 3. The lowest BCUT2D eigenvalue weighted by molar-refractivity contribution is -0.274. The van der Waals surface area contributed by atoms with Gasteiger partial charge in [-0.15, -0.1) is 18.3 Å². The Morgan fingerprint density at radius 3 is 2.69 bits per heavy atom. The number of pyridine rings is 1. The highest BCUT2D eigenvalue weighted by Crippen LogP contribution is 2.27. The summed E-state index contributed by atoms with van der Waals surface area (Å²) in [6, 6.07) is 8.87. The van der Waals surface area contributed by atoms with Gasteiger partial charge in [-0.2, -0.15) is 4.98 Å². The Kier molecular flexibility index (Phi) is 6.81. The first-order valence-electron chi connectivity index (χ1n) is 9.58. The SMILES string of the molecule is CNc1ncccc1-n1nc(Nc2cccc(OC(F)(F)F)c2)nc1CCC(=O)N(C)C. The number of carbonyl (C=O) groups excluding carboxylic acids is 1. The average Bonchev–Trinajstić information content (AvgIpc) is 3.13. The third-order valence-electron chi connectivity index (χ3n) is 4.31. The summed E-state index contributed by atoms with van der Waals surface area (Å²) in [5.41, 5.74) is 0.914. The maximum atomic E-state index is 12.5. The molecular weight excluding hydrogens is 427 g/mol. The number of halogens is 3. The van der Waals surface area contributed by atoms with E-state index in [0.29, 0.717) is 29.4 Å². The first-order chi connectivity index (χ1) is 15.2. The molecule has 0 radical (unpaired) electrons. The molecule has 0 saturated carbocycles. The molecule has 3 rings (SSSR count). The van der Waals surface area contributed by atoms with Crippen molar-refractivity contribution in [3.63, 3.8) is 0 Å². The first-order valence-corrected chi connectivity index (χ1v) is 9.58. The van der Waals surface area contributed by atoms with Gasteiger partial charge in [0.2, 0.25) is 11.9 Å². The van der Waals surface area contributed by atoms with Gasteiger partial charge >= 0.3 is 6.36 Å². The minimum absolute atomic E-state index is 0.0777. The van der Waals surface area contributed by atoms with E-state index in [1.54, 1.807) is 50.2 Å². The van der Waals surface area contributed by atoms with E-state index < -0.39 is 6.36 Å². The summed E-state index contributed by atoms with van der Waals surface area (Å²) >= 11 is 0. The number of hydrogen-bond acceptors (Lipinski definition) is 7. The number of aryl methyl sites for hydroxylation is 1. The third-order valence-corrected chi connectivity index (χ3v) is 4.31. The number of ether oxygens (including phenoxy) is 1. The highest BCUT2D eigenvalue weighted by atomic mass is 19.4. The largest absolute Gasteiger partial charge is 0.573 e. The van der Waals surface area contributed by atoms with Crippen LogP contribution in [0.2, 0.25) is 0 Å².